The molecule has 2 amide bonds. The Morgan fingerprint density at radius 3 is 2.68 bits per heavy atom. The summed E-state index contributed by atoms with van der Waals surface area (Å²) in [5.74, 6) is 0.489. The lowest BCUT2D eigenvalue weighted by Crippen LogP contribution is -2.40. The molecule has 1 N–H and O–H groups in total. The van der Waals surface area contributed by atoms with E-state index >= 15 is 0 Å². The number of nitrogens with one attached hydrogen (secondary N) is 1. The predicted octanol–water partition coefficient (Wildman–Crippen LogP) is 1.17. The maximum atomic E-state index is 11.7. The van der Waals surface area contributed by atoms with Crippen LogP contribution in [0.15, 0.2) is 0 Å². The highest BCUT2D eigenvalue weighted by Crippen LogP contribution is 2.09. The van der Waals surface area contributed by atoms with Gasteiger partial charge in [-0.3, -0.25) is 9.59 Å². The van der Waals surface area contributed by atoms with Crippen molar-refractivity contribution in [3.63, 3.8) is 0 Å². The van der Waals surface area contributed by atoms with Crippen LogP contribution in [0.2, 0.25) is 0 Å². The first-order valence-electron chi connectivity index (χ1n) is 7.06. The Kier molecular flexibility index (Phi) is 6.28. The second kappa shape index (κ2) is 7.48. The second-order valence-electron chi connectivity index (χ2n) is 5.73. The van der Waals surface area contributed by atoms with E-state index in [-0.39, 0.29) is 24.0 Å². The molecule has 2 atom stereocenters. The largest absolute Gasteiger partial charge is 0.378 e. The first-order valence-corrected chi connectivity index (χ1v) is 7.06. The van der Waals surface area contributed by atoms with Gasteiger partial charge < -0.3 is 15.0 Å². The Balaban J connectivity index is 2.16. The molecular weight excluding hydrogens is 244 g/mol. The minimum absolute atomic E-state index is 0.00226. The van der Waals surface area contributed by atoms with Crippen LogP contribution >= 0.6 is 0 Å². The molecular formula is C14H26N2O3. The van der Waals surface area contributed by atoms with Crippen LogP contribution in [0.25, 0.3) is 0 Å². The number of amides is 2. The van der Waals surface area contributed by atoms with Crippen molar-refractivity contribution in [2.75, 3.05) is 20.2 Å². The fourth-order valence-corrected chi connectivity index (χ4v) is 2.31. The van der Waals surface area contributed by atoms with E-state index in [1.54, 1.807) is 11.9 Å². The molecule has 5 nitrogen and oxygen atoms in total. The molecule has 5 heteroatoms. The lowest BCUT2D eigenvalue weighted by atomic mass is 10.1. The molecule has 110 valence electrons. The fraction of sp³-hybridized carbons (Fsp3) is 0.857. The van der Waals surface area contributed by atoms with Gasteiger partial charge in [0.25, 0.3) is 0 Å². The van der Waals surface area contributed by atoms with Crippen molar-refractivity contribution >= 4 is 11.8 Å². The summed E-state index contributed by atoms with van der Waals surface area (Å²) in [6, 6.07) is -0.342. The van der Waals surface area contributed by atoms with Gasteiger partial charge in [0, 0.05) is 20.0 Å². The number of hydrogen-bond acceptors (Lipinski definition) is 3. The fourth-order valence-electron chi connectivity index (χ4n) is 2.31. The topological polar surface area (TPSA) is 58.6 Å². The van der Waals surface area contributed by atoms with Crippen molar-refractivity contribution in [1.29, 1.82) is 0 Å². The summed E-state index contributed by atoms with van der Waals surface area (Å²) in [4.78, 5) is 25.0. The van der Waals surface area contributed by atoms with Gasteiger partial charge >= 0.3 is 0 Å². The van der Waals surface area contributed by atoms with Gasteiger partial charge in [-0.25, -0.2) is 0 Å². The van der Waals surface area contributed by atoms with Crippen molar-refractivity contribution in [2.24, 2.45) is 5.92 Å². The van der Waals surface area contributed by atoms with Crippen molar-refractivity contribution < 1.29 is 14.3 Å². The smallest absolute Gasteiger partial charge is 0.244 e. The highest BCUT2D eigenvalue weighted by molar-refractivity contribution is 5.88. The maximum absolute atomic E-state index is 11.7. The molecule has 0 aromatic carbocycles. The highest BCUT2D eigenvalue weighted by atomic mass is 16.5. The number of hydrogen-bond donors (Lipinski definition) is 1. The zero-order chi connectivity index (χ0) is 14.4. The molecule has 1 aliphatic heterocycles. The Labute approximate surface area is 115 Å². The molecule has 2 unspecified atom stereocenters. The number of nitrogens with zero attached hydrogens (tertiary/aromatic N) is 1. The van der Waals surface area contributed by atoms with E-state index in [4.69, 9.17) is 4.74 Å². The number of ether oxygens (including phenoxy) is 1. The summed E-state index contributed by atoms with van der Waals surface area (Å²) in [6.07, 6.45) is 2.18. The normalized spacial score (nSPS) is 21.0. The molecule has 0 aromatic heterocycles. The monoisotopic (exact) mass is 270 g/mol. The standard InChI is InChI=1S/C14H26N2O3/c1-10(2)9-11(3)19-8-6-13(17)15-12-5-7-16(4)14(12)18/h10-12H,5-9H2,1-4H3,(H,15,17). The predicted molar refractivity (Wildman–Crippen MR) is 73.7 cm³/mol. The van der Waals surface area contributed by atoms with Crippen LogP contribution in [0, 0.1) is 5.92 Å². The first kappa shape index (κ1) is 16.0. The van der Waals surface area contributed by atoms with Gasteiger partial charge in [-0.15, -0.1) is 0 Å². The highest BCUT2D eigenvalue weighted by Gasteiger charge is 2.29. The average Bonchev–Trinajstić information content (AvgIpc) is 2.60. The quantitative estimate of drug-likeness (QED) is 0.755. The molecule has 19 heavy (non-hydrogen) atoms. The van der Waals surface area contributed by atoms with Crippen LogP contribution in [0.4, 0.5) is 0 Å². The SMILES string of the molecule is CC(C)CC(C)OCCC(=O)NC1CCN(C)C1=O. The van der Waals surface area contributed by atoms with Gasteiger partial charge in [0.05, 0.1) is 12.7 Å². The minimum Gasteiger partial charge on any atom is -0.378 e. The van der Waals surface area contributed by atoms with E-state index in [1.165, 1.54) is 0 Å². The van der Waals surface area contributed by atoms with E-state index in [1.807, 2.05) is 6.92 Å². The van der Waals surface area contributed by atoms with Gasteiger partial charge in [-0.05, 0) is 25.7 Å². The molecule has 1 fully saturated rings. The molecule has 1 saturated heterocycles. The van der Waals surface area contributed by atoms with E-state index < -0.39 is 0 Å². The molecule has 1 heterocycles. The Morgan fingerprint density at radius 2 is 2.16 bits per heavy atom. The van der Waals surface area contributed by atoms with Gasteiger partial charge in [0.1, 0.15) is 6.04 Å². The number of likely N-dealkylation sites (tertiary alicyclic amines) is 1. The summed E-state index contributed by atoms with van der Waals surface area (Å²) in [5, 5.41) is 2.76. The molecule has 0 radical (unpaired) electrons. The van der Waals surface area contributed by atoms with Gasteiger partial charge in [0.15, 0.2) is 0 Å². The Morgan fingerprint density at radius 1 is 1.47 bits per heavy atom. The zero-order valence-corrected chi connectivity index (χ0v) is 12.4. The third-order valence-electron chi connectivity index (χ3n) is 3.30. The van der Waals surface area contributed by atoms with Crippen LogP contribution in [0.5, 0.6) is 0 Å². The van der Waals surface area contributed by atoms with Crippen LogP contribution in [0.3, 0.4) is 0 Å². The van der Waals surface area contributed by atoms with Crippen LogP contribution in [-0.4, -0.2) is 49.1 Å². The summed E-state index contributed by atoms with van der Waals surface area (Å²) >= 11 is 0. The van der Waals surface area contributed by atoms with Crippen molar-refractivity contribution in [1.82, 2.24) is 10.2 Å². The maximum Gasteiger partial charge on any atom is 0.244 e. The second-order valence-corrected chi connectivity index (χ2v) is 5.73. The molecule has 0 spiro atoms. The summed E-state index contributed by atoms with van der Waals surface area (Å²) in [6.45, 7) is 7.44. The molecule has 0 aliphatic carbocycles. The first-order chi connectivity index (χ1) is 8.90. The van der Waals surface area contributed by atoms with Gasteiger partial charge in [-0.1, -0.05) is 13.8 Å². The van der Waals surface area contributed by atoms with Crippen LogP contribution < -0.4 is 5.32 Å². The third-order valence-corrected chi connectivity index (χ3v) is 3.30. The van der Waals surface area contributed by atoms with Gasteiger partial charge in [0.2, 0.25) is 11.8 Å². The van der Waals surface area contributed by atoms with Gasteiger partial charge in [-0.2, -0.15) is 0 Å². The van der Waals surface area contributed by atoms with E-state index in [9.17, 15) is 9.59 Å². The summed E-state index contributed by atoms with van der Waals surface area (Å²) in [7, 11) is 1.76. The van der Waals surface area contributed by atoms with E-state index in [0.717, 1.165) is 6.42 Å². The lowest BCUT2D eigenvalue weighted by Gasteiger charge is -2.16. The minimum atomic E-state index is -0.342. The van der Waals surface area contributed by atoms with Crippen molar-refractivity contribution in [3.05, 3.63) is 0 Å². The number of carbonyl (C=O) groups is 2. The number of rotatable bonds is 7. The zero-order valence-electron chi connectivity index (χ0n) is 12.4. The summed E-state index contributed by atoms with van der Waals surface area (Å²) < 4.78 is 5.58. The van der Waals surface area contributed by atoms with Crippen LogP contribution in [-0.2, 0) is 14.3 Å². The lowest BCUT2D eigenvalue weighted by molar-refractivity contribution is -0.132. The van der Waals surface area contributed by atoms with E-state index in [0.29, 0.717) is 31.9 Å². The van der Waals surface area contributed by atoms with Crippen molar-refractivity contribution in [2.45, 2.75) is 52.2 Å². The van der Waals surface area contributed by atoms with Crippen molar-refractivity contribution in [3.8, 4) is 0 Å². The number of carbonyl (C=O) groups excluding carboxylic acids is 2. The summed E-state index contributed by atoms with van der Waals surface area (Å²) in [5.41, 5.74) is 0. The third kappa shape index (κ3) is 5.59. The number of likely N-dealkylation sites (N-methyl/N-ethyl adjacent to an activating group) is 1. The molecule has 1 aliphatic rings. The van der Waals surface area contributed by atoms with Crippen LogP contribution in [0.1, 0.15) is 40.0 Å². The molecule has 0 saturated carbocycles. The molecule has 1 rings (SSSR count). The average molecular weight is 270 g/mol. The molecule has 0 aromatic rings. The Bertz CT molecular complexity index is 318. The molecule has 0 bridgehead atoms. The Hall–Kier alpha value is -1.10. The van der Waals surface area contributed by atoms with E-state index in [2.05, 4.69) is 19.2 Å².